The normalized spacial score (nSPS) is 14.6. The molecule has 4 heteroatoms. The molecule has 1 aliphatic rings. The van der Waals surface area contributed by atoms with Crippen molar-refractivity contribution in [2.45, 2.75) is 18.9 Å². The fraction of sp³-hybridized carbons (Fsp3) is 0.333. The molecule has 1 aliphatic carbocycles. The Morgan fingerprint density at radius 3 is 2.88 bits per heavy atom. The van der Waals surface area contributed by atoms with E-state index in [-0.39, 0.29) is 5.91 Å². The van der Waals surface area contributed by atoms with E-state index in [9.17, 15) is 4.79 Å². The van der Waals surface area contributed by atoms with Crippen LogP contribution in [0.5, 0.6) is 0 Å². The summed E-state index contributed by atoms with van der Waals surface area (Å²) in [5.41, 5.74) is 0.582. The van der Waals surface area contributed by atoms with Gasteiger partial charge in [-0.2, -0.15) is 0 Å². The van der Waals surface area contributed by atoms with Gasteiger partial charge in [0.15, 0.2) is 0 Å². The van der Waals surface area contributed by atoms with Crippen LogP contribution in [-0.2, 0) is 0 Å². The van der Waals surface area contributed by atoms with Crippen LogP contribution < -0.4 is 0 Å². The highest BCUT2D eigenvalue weighted by Gasteiger charge is 2.32. The van der Waals surface area contributed by atoms with E-state index in [2.05, 4.69) is 11.6 Å². The first-order valence-corrected chi connectivity index (χ1v) is 5.63. The van der Waals surface area contributed by atoms with Gasteiger partial charge < -0.3 is 4.90 Å². The number of hydrogen-bond acceptors (Lipinski definition) is 2. The summed E-state index contributed by atoms with van der Waals surface area (Å²) < 4.78 is 0. The van der Waals surface area contributed by atoms with Crippen molar-refractivity contribution >= 4 is 17.5 Å². The molecule has 0 radical (unpaired) electrons. The molecule has 1 aromatic heterocycles. The van der Waals surface area contributed by atoms with Crippen molar-refractivity contribution in [3.63, 3.8) is 0 Å². The maximum atomic E-state index is 12.1. The lowest BCUT2D eigenvalue weighted by molar-refractivity contribution is 0.0762. The van der Waals surface area contributed by atoms with Gasteiger partial charge in [0.1, 0.15) is 5.15 Å². The summed E-state index contributed by atoms with van der Waals surface area (Å²) in [6.45, 7) is 4.26. The number of hydrogen-bond donors (Lipinski definition) is 0. The molecule has 0 aliphatic heterocycles. The molecule has 0 atom stereocenters. The predicted octanol–water partition coefficient (Wildman–Crippen LogP) is 2.53. The molecule has 2 rings (SSSR count). The number of carbonyl (C=O) groups excluding carboxylic acids is 1. The van der Waals surface area contributed by atoms with Crippen LogP contribution in [0.25, 0.3) is 0 Å². The van der Waals surface area contributed by atoms with Gasteiger partial charge in [0.05, 0.1) is 5.56 Å². The predicted molar refractivity (Wildman–Crippen MR) is 63.5 cm³/mol. The Bertz CT molecular complexity index is 398. The Balaban J connectivity index is 2.15. The molecule has 16 heavy (non-hydrogen) atoms. The second kappa shape index (κ2) is 4.66. The van der Waals surface area contributed by atoms with Crippen LogP contribution in [0.2, 0.25) is 5.15 Å². The molecule has 1 heterocycles. The molecule has 0 bridgehead atoms. The highest BCUT2D eigenvalue weighted by Crippen LogP contribution is 2.28. The topological polar surface area (TPSA) is 33.2 Å². The fourth-order valence-corrected chi connectivity index (χ4v) is 1.70. The molecule has 0 unspecified atom stereocenters. The number of halogens is 1. The van der Waals surface area contributed by atoms with Gasteiger partial charge in [-0.1, -0.05) is 17.7 Å². The van der Waals surface area contributed by atoms with E-state index in [0.29, 0.717) is 23.3 Å². The Hall–Kier alpha value is -1.35. The molecule has 0 aromatic carbocycles. The zero-order valence-electron chi connectivity index (χ0n) is 8.90. The van der Waals surface area contributed by atoms with Gasteiger partial charge in [0.25, 0.3) is 5.91 Å². The number of rotatable bonds is 4. The second-order valence-corrected chi connectivity index (χ2v) is 4.23. The van der Waals surface area contributed by atoms with Crippen LogP contribution >= 0.6 is 11.6 Å². The fourth-order valence-electron chi connectivity index (χ4n) is 1.59. The zero-order chi connectivity index (χ0) is 11.5. The van der Waals surface area contributed by atoms with E-state index >= 15 is 0 Å². The van der Waals surface area contributed by atoms with Gasteiger partial charge in [-0.15, -0.1) is 6.58 Å². The Morgan fingerprint density at radius 2 is 2.38 bits per heavy atom. The van der Waals surface area contributed by atoms with Gasteiger partial charge >= 0.3 is 0 Å². The van der Waals surface area contributed by atoms with Crippen molar-refractivity contribution in [3.05, 3.63) is 41.7 Å². The molecular weight excluding hydrogens is 224 g/mol. The van der Waals surface area contributed by atoms with Crippen molar-refractivity contribution in [2.75, 3.05) is 6.54 Å². The molecule has 0 saturated heterocycles. The van der Waals surface area contributed by atoms with Gasteiger partial charge in [-0.05, 0) is 25.0 Å². The minimum absolute atomic E-state index is 0.00608. The molecule has 1 saturated carbocycles. The third kappa shape index (κ3) is 2.42. The summed E-state index contributed by atoms with van der Waals surface area (Å²) in [6.07, 6.45) is 5.43. The molecule has 1 fully saturated rings. The molecule has 3 nitrogen and oxygen atoms in total. The number of pyridine rings is 1. The van der Waals surface area contributed by atoms with Gasteiger partial charge in [0.2, 0.25) is 0 Å². The van der Waals surface area contributed by atoms with Crippen LogP contribution in [-0.4, -0.2) is 28.4 Å². The first-order chi connectivity index (χ1) is 7.72. The Kier molecular flexibility index (Phi) is 3.25. The molecular formula is C12H13ClN2O. The lowest BCUT2D eigenvalue weighted by Gasteiger charge is -2.20. The van der Waals surface area contributed by atoms with Crippen LogP contribution in [0.1, 0.15) is 23.2 Å². The van der Waals surface area contributed by atoms with Crippen molar-refractivity contribution < 1.29 is 4.79 Å². The van der Waals surface area contributed by atoms with Crippen molar-refractivity contribution in [3.8, 4) is 0 Å². The summed E-state index contributed by atoms with van der Waals surface area (Å²) >= 11 is 5.68. The van der Waals surface area contributed by atoms with Crippen molar-refractivity contribution in [2.24, 2.45) is 0 Å². The quantitative estimate of drug-likeness (QED) is 0.595. The standard InChI is InChI=1S/C12H13ClN2O/c1-2-7-15(10-4-5-10)12(16)9-3-6-11(13)14-8-9/h2-3,6,8,10H,1,4-5,7H2. The van der Waals surface area contributed by atoms with Crippen molar-refractivity contribution in [1.82, 2.24) is 9.88 Å². The largest absolute Gasteiger partial charge is 0.332 e. The number of nitrogens with zero attached hydrogens (tertiary/aromatic N) is 2. The summed E-state index contributed by atoms with van der Waals surface area (Å²) in [5.74, 6) is 0.00608. The highest BCUT2D eigenvalue weighted by atomic mass is 35.5. The first kappa shape index (κ1) is 11.1. The lowest BCUT2D eigenvalue weighted by atomic mass is 10.2. The number of aromatic nitrogens is 1. The lowest BCUT2D eigenvalue weighted by Crippen LogP contribution is -2.33. The summed E-state index contributed by atoms with van der Waals surface area (Å²) in [7, 11) is 0. The van der Waals surface area contributed by atoms with Gasteiger partial charge in [0, 0.05) is 18.8 Å². The third-order valence-electron chi connectivity index (χ3n) is 2.55. The third-order valence-corrected chi connectivity index (χ3v) is 2.77. The van der Waals surface area contributed by atoms with E-state index in [1.807, 2.05) is 4.90 Å². The molecule has 0 N–H and O–H groups in total. The van der Waals surface area contributed by atoms with E-state index in [0.717, 1.165) is 12.8 Å². The van der Waals surface area contributed by atoms with E-state index in [1.54, 1.807) is 18.2 Å². The summed E-state index contributed by atoms with van der Waals surface area (Å²) in [6, 6.07) is 3.71. The maximum Gasteiger partial charge on any atom is 0.255 e. The van der Waals surface area contributed by atoms with Gasteiger partial charge in [-0.3, -0.25) is 4.79 Å². The average Bonchev–Trinajstić information content (AvgIpc) is 3.10. The summed E-state index contributed by atoms with van der Waals surface area (Å²) in [5, 5.41) is 0.401. The van der Waals surface area contributed by atoms with Crippen LogP contribution in [0.3, 0.4) is 0 Å². The van der Waals surface area contributed by atoms with E-state index < -0.39 is 0 Å². The Labute approximate surface area is 99.7 Å². The van der Waals surface area contributed by atoms with Crippen LogP contribution in [0, 0.1) is 0 Å². The van der Waals surface area contributed by atoms with E-state index in [4.69, 9.17) is 11.6 Å². The Morgan fingerprint density at radius 1 is 1.62 bits per heavy atom. The minimum atomic E-state index is 0.00608. The molecule has 1 amide bonds. The second-order valence-electron chi connectivity index (χ2n) is 3.85. The highest BCUT2D eigenvalue weighted by molar-refractivity contribution is 6.29. The SMILES string of the molecule is C=CCN(C(=O)c1ccc(Cl)nc1)C1CC1. The molecule has 1 aromatic rings. The monoisotopic (exact) mass is 236 g/mol. The minimum Gasteiger partial charge on any atom is -0.332 e. The van der Waals surface area contributed by atoms with Gasteiger partial charge in [-0.25, -0.2) is 4.98 Å². The maximum absolute atomic E-state index is 12.1. The number of carbonyl (C=O) groups is 1. The number of amides is 1. The van der Waals surface area contributed by atoms with Crippen LogP contribution in [0.15, 0.2) is 31.0 Å². The smallest absolute Gasteiger partial charge is 0.255 e. The summed E-state index contributed by atoms with van der Waals surface area (Å²) in [4.78, 5) is 17.9. The molecule has 0 spiro atoms. The average molecular weight is 237 g/mol. The first-order valence-electron chi connectivity index (χ1n) is 5.26. The van der Waals surface area contributed by atoms with E-state index in [1.165, 1.54) is 6.20 Å². The van der Waals surface area contributed by atoms with Crippen LogP contribution in [0.4, 0.5) is 0 Å². The van der Waals surface area contributed by atoms with Crippen molar-refractivity contribution in [1.29, 1.82) is 0 Å². The zero-order valence-corrected chi connectivity index (χ0v) is 9.65. The molecule has 84 valence electrons.